The van der Waals surface area contributed by atoms with Crippen LogP contribution >= 0.6 is 0 Å². The summed E-state index contributed by atoms with van der Waals surface area (Å²) in [6, 6.07) is 0. The molecule has 2 aliphatic carbocycles. The van der Waals surface area contributed by atoms with E-state index >= 15 is 0 Å². The number of carbonyl (C=O) groups excluding carboxylic acids is 1. The first-order valence-corrected chi connectivity index (χ1v) is 5.98. The molecule has 0 aromatic heterocycles. The van der Waals surface area contributed by atoms with Crippen LogP contribution in [0.15, 0.2) is 12.2 Å². The molecule has 4 unspecified atom stereocenters. The molecule has 2 aliphatic rings. The van der Waals surface area contributed by atoms with Gasteiger partial charge in [-0.3, -0.25) is 4.79 Å². The third kappa shape index (κ3) is 2.66. The minimum atomic E-state index is -5.64. The maximum atomic E-state index is 13.3. The lowest BCUT2D eigenvalue weighted by molar-refractivity contribution is -0.209. The molecule has 0 saturated heterocycles. The van der Waals surface area contributed by atoms with Gasteiger partial charge in [0, 0.05) is 0 Å². The first-order chi connectivity index (χ1) is 8.62. The van der Waals surface area contributed by atoms with Gasteiger partial charge in [0.2, 0.25) is 0 Å². The molecule has 2 rings (SSSR count). The number of aliphatic hydroxyl groups is 1. The molecule has 0 aromatic rings. The zero-order chi connectivity index (χ0) is 14.4. The Kier molecular flexibility index (Phi) is 3.45. The Morgan fingerprint density at radius 1 is 1.21 bits per heavy atom. The molecule has 108 valence electrons. The molecule has 0 amide bonds. The lowest BCUT2D eigenvalue weighted by Crippen LogP contribution is -2.49. The van der Waals surface area contributed by atoms with Gasteiger partial charge in [0.05, 0.1) is 0 Å². The van der Waals surface area contributed by atoms with Crippen molar-refractivity contribution < 1.29 is 31.9 Å². The Labute approximate surface area is 106 Å². The van der Waals surface area contributed by atoms with Crippen LogP contribution in [0.2, 0.25) is 0 Å². The first kappa shape index (κ1) is 14.4. The molecule has 2 bridgehead atoms. The summed E-state index contributed by atoms with van der Waals surface area (Å²) >= 11 is 0. The SMILES string of the molecule is O=C(C(F)(F)F)C(F)(F)C(O)CC1CC2C=CC1C2. The highest BCUT2D eigenvalue weighted by Crippen LogP contribution is 2.46. The molecule has 0 spiro atoms. The smallest absolute Gasteiger partial charge is 0.386 e. The number of halogens is 5. The number of hydrogen-bond donors (Lipinski definition) is 1. The van der Waals surface area contributed by atoms with E-state index in [1.54, 1.807) is 0 Å². The van der Waals surface area contributed by atoms with Gasteiger partial charge >= 0.3 is 17.9 Å². The Bertz CT molecular complexity index is 401. The number of rotatable bonds is 4. The van der Waals surface area contributed by atoms with Gasteiger partial charge in [-0.05, 0) is 37.0 Å². The van der Waals surface area contributed by atoms with Gasteiger partial charge in [0.25, 0.3) is 0 Å². The zero-order valence-electron chi connectivity index (χ0n) is 9.83. The van der Waals surface area contributed by atoms with Crippen molar-refractivity contribution in [2.45, 2.75) is 37.5 Å². The summed E-state index contributed by atoms with van der Waals surface area (Å²) in [7, 11) is 0. The van der Waals surface area contributed by atoms with Crippen molar-refractivity contribution in [1.29, 1.82) is 0 Å². The fourth-order valence-electron chi connectivity index (χ4n) is 2.94. The van der Waals surface area contributed by atoms with E-state index in [4.69, 9.17) is 0 Å². The van der Waals surface area contributed by atoms with Gasteiger partial charge in [-0.15, -0.1) is 0 Å². The number of aliphatic hydroxyl groups excluding tert-OH is 1. The minimum Gasteiger partial charge on any atom is -0.386 e. The monoisotopic (exact) mass is 284 g/mol. The van der Waals surface area contributed by atoms with Crippen LogP contribution in [0.5, 0.6) is 0 Å². The molecule has 19 heavy (non-hydrogen) atoms. The summed E-state index contributed by atoms with van der Waals surface area (Å²) in [5.74, 6) is -7.95. The predicted octanol–water partition coefficient (Wildman–Crippen LogP) is 2.72. The van der Waals surface area contributed by atoms with Crippen LogP contribution in [0.4, 0.5) is 22.0 Å². The van der Waals surface area contributed by atoms with Crippen molar-refractivity contribution in [3.8, 4) is 0 Å². The number of carbonyl (C=O) groups is 1. The quantitative estimate of drug-likeness (QED) is 0.636. The number of fused-ring (bicyclic) bond motifs is 2. The largest absolute Gasteiger partial charge is 0.456 e. The van der Waals surface area contributed by atoms with Gasteiger partial charge in [0.1, 0.15) is 6.10 Å². The van der Waals surface area contributed by atoms with Crippen LogP contribution in [0, 0.1) is 17.8 Å². The molecule has 1 N–H and O–H groups in total. The van der Waals surface area contributed by atoms with E-state index in [1.165, 1.54) is 0 Å². The molecule has 2 nitrogen and oxygen atoms in total. The third-order valence-electron chi connectivity index (χ3n) is 3.92. The van der Waals surface area contributed by atoms with Crippen LogP contribution in [0.3, 0.4) is 0 Å². The number of Topliss-reactive ketones (excluding diaryl/α,β-unsaturated/α-hetero) is 1. The summed E-state index contributed by atoms with van der Waals surface area (Å²) in [5, 5.41) is 9.30. The van der Waals surface area contributed by atoms with E-state index in [1.807, 2.05) is 12.2 Å². The lowest BCUT2D eigenvalue weighted by Gasteiger charge is -2.26. The molecular formula is C12H13F5O2. The standard InChI is InChI=1S/C12H13F5O2/c13-11(14,10(19)12(15,16)17)9(18)5-8-4-6-1-2-7(8)3-6/h1-2,6-9,18H,3-5H2. The summed E-state index contributed by atoms with van der Waals surface area (Å²) in [4.78, 5) is 10.6. The van der Waals surface area contributed by atoms with Crippen LogP contribution in [0.1, 0.15) is 19.3 Å². The van der Waals surface area contributed by atoms with Gasteiger partial charge in [-0.25, -0.2) is 0 Å². The van der Waals surface area contributed by atoms with Crippen LogP contribution in [-0.2, 0) is 4.79 Å². The van der Waals surface area contributed by atoms with Gasteiger partial charge in [-0.1, -0.05) is 12.2 Å². The molecule has 0 aromatic carbocycles. The average molecular weight is 284 g/mol. The van der Waals surface area contributed by atoms with Crippen molar-refractivity contribution in [1.82, 2.24) is 0 Å². The Morgan fingerprint density at radius 2 is 1.84 bits per heavy atom. The summed E-state index contributed by atoms with van der Waals surface area (Å²) in [6.45, 7) is 0. The Morgan fingerprint density at radius 3 is 2.26 bits per heavy atom. The number of hydrogen-bond acceptors (Lipinski definition) is 2. The average Bonchev–Trinajstić information content (AvgIpc) is 2.88. The van der Waals surface area contributed by atoms with E-state index in [9.17, 15) is 31.9 Å². The Hall–Kier alpha value is -0.980. The van der Waals surface area contributed by atoms with Gasteiger partial charge < -0.3 is 5.11 Å². The highest BCUT2D eigenvalue weighted by atomic mass is 19.4. The van der Waals surface area contributed by atoms with Crippen molar-refractivity contribution in [2.24, 2.45) is 17.8 Å². The first-order valence-electron chi connectivity index (χ1n) is 5.98. The summed E-state index contributed by atoms with van der Waals surface area (Å²) < 4.78 is 62.6. The van der Waals surface area contributed by atoms with E-state index in [0.717, 1.165) is 6.42 Å². The molecule has 7 heteroatoms. The Balaban J connectivity index is 2.01. The third-order valence-corrected chi connectivity index (χ3v) is 3.92. The van der Waals surface area contributed by atoms with E-state index in [2.05, 4.69) is 0 Å². The van der Waals surface area contributed by atoms with Crippen molar-refractivity contribution in [3.05, 3.63) is 12.2 Å². The molecule has 0 aliphatic heterocycles. The van der Waals surface area contributed by atoms with E-state index in [-0.39, 0.29) is 17.8 Å². The lowest BCUT2D eigenvalue weighted by atomic mass is 9.86. The fraction of sp³-hybridized carbons (Fsp3) is 0.750. The van der Waals surface area contributed by atoms with Gasteiger partial charge in [0.15, 0.2) is 0 Å². The summed E-state index contributed by atoms with van der Waals surface area (Å²) in [5.41, 5.74) is 0. The highest BCUT2D eigenvalue weighted by Gasteiger charge is 2.59. The second-order valence-electron chi connectivity index (χ2n) is 5.24. The van der Waals surface area contributed by atoms with Crippen LogP contribution in [0.25, 0.3) is 0 Å². The van der Waals surface area contributed by atoms with Crippen LogP contribution in [-0.4, -0.2) is 29.1 Å². The highest BCUT2D eigenvalue weighted by molar-refractivity contribution is 5.91. The molecule has 1 fully saturated rings. The summed E-state index contributed by atoms with van der Waals surface area (Å²) in [6.07, 6.45) is -3.55. The number of alkyl halides is 5. The van der Waals surface area contributed by atoms with Crippen molar-refractivity contribution in [2.75, 3.05) is 0 Å². The molecule has 0 heterocycles. The molecule has 4 atom stereocenters. The number of allylic oxidation sites excluding steroid dienone is 2. The van der Waals surface area contributed by atoms with E-state index in [0.29, 0.717) is 6.42 Å². The van der Waals surface area contributed by atoms with Crippen molar-refractivity contribution in [3.63, 3.8) is 0 Å². The maximum Gasteiger partial charge on any atom is 0.456 e. The molecular weight excluding hydrogens is 271 g/mol. The minimum absolute atomic E-state index is 0.0245. The number of ketones is 1. The molecule has 0 radical (unpaired) electrons. The fourth-order valence-corrected chi connectivity index (χ4v) is 2.94. The van der Waals surface area contributed by atoms with Crippen LogP contribution < -0.4 is 0 Å². The normalized spacial score (nSPS) is 31.8. The molecule has 1 saturated carbocycles. The van der Waals surface area contributed by atoms with E-state index < -0.39 is 30.4 Å². The maximum absolute atomic E-state index is 13.3. The topological polar surface area (TPSA) is 37.3 Å². The second kappa shape index (κ2) is 4.54. The van der Waals surface area contributed by atoms with Gasteiger partial charge in [-0.2, -0.15) is 22.0 Å². The van der Waals surface area contributed by atoms with Crippen molar-refractivity contribution >= 4 is 5.78 Å². The predicted molar refractivity (Wildman–Crippen MR) is 55.5 cm³/mol. The second-order valence-corrected chi connectivity index (χ2v) is 5.24. The zero-order valence-corrected chi connectivity index (χ0v) is 9.83.